The first-order chi connectivity index (χ1) is 13.9. The Balaban J connectivity index is 1.60. The summed E-state index contributed by atoms with van der Waals surface area (Å²) < 4.78 is 5.16. The average molecular weight is 400 g/mol. The number of ether oxygens (including phenoxy) is 1. The molecule has 0 radical (unpaired) electrons. The van der Waals surface area contributed by atoms with E-state index in [9.17, 15) is 4.79 Å². The highest BCUT2D eigenvalue weighted by atomic mass is 16.5. The van der Waals surface area contributed by atoms with Crippen molar-refractivity contribution in [3.63, 3.8) is 0 Å². The molecular formula is C19H28N8O2. The lowest BCUT2D eigenvalue weighted by Gasteiger charge is -2.39. The Morgan fingerprint density at radius 1 is 1.31 bits per heavy atom. The second-order valence-corrected chi connectivity index (χ2v) is 7.23. The highest BCUT2D eigenvalue weighted by Gasteiger charge is 2.30. The number of aromatic nitrogens is 2. The van der Waals surface area contributed by atoms with E-state index in [1.54, 1.807) is 7.11 Å². The normalized spacial score (nSPS) is 13.9. The summed E-state index contributed by atoms with van der Waals surface area (Å²) in [5.74, 6) is 7.91. The number of nitrogens with zero attached hydrogens (tertiary/aromatic N) is 5. The molecule has 1 aliphatic heterocycles. The molecule has 0 spiro atoms. The number of carbonyl (C=O) groups is 1. The summed E-state index contributed by atoms with van der Waals surface area (Å²) in [5, 5.41) is 4.64. The minimum atomic E-state index is 0.0991. The molecule has 29 heavy (non-hydrogen) atoms. The van der Waals surface area contributed by atoms with Crippen molar-refractivity contribution in [1.82, 2.24) is 19.8 Å². The number of nitrogens with two attached hydrogens (primary N) is 2. The molecule has 3 rings (SSSR count). The fourth-order valence-corrected chi connectivity index (χ4v) is 2.94. The lowest BCUT2D eigenvalue weighted by Crippen LogP contribution is -2.57. The zero-order valence-corrected chi connectivity index (χ0v) is 17.0. The Hall–Kier alpha value is -3.11. The number of hydrogen-bond acceptors (Lipinski definition) is 9. The highest BCUT2D eigenvalue weighted by molar-refractivity contribution is 5.77. The number of methoxy groups -OCH3 is 1. The van der Waals surface area contributed by atoms with Crippen LogP contribution in [0.15, 0.2) is 30.5 Å². The molecular weight excluding hydrogens is 372 g/mol. The summed E-state index contributed by atoms with van der Waals surface area (Å²) >= 11 is 0. The van der Waals surface area contributed by atoms with Crippen LogP contribution in [-0.2, 0) is 4.79 Å². The maximum absolute atomic E-state index is 12.1. The molecule has 1 saturated heterocycles. The number of nitrogens with one attached hydrogen (secondary N) is 1. The lowest BCUT2D eigenvalue weighted by molar-refractivity contribution is -0.135. The Morgan fingerprint density at radius 3 is 2.62 bits per heavy atom. The van der Waals surface area contributed by atoms with Gasteiger partial charge in [0.2, 0.25) is 11.9 Å². The van der Waals surface area contributed by atoms with Crippen LogP contribution in [0, 0.1) is 0 Å². The topological polar surface area (TPSA) is 126 Å². The summed E-state index contributed by atoms with van der Waals surface area (Å²) in [4.78, 5) is 24.6. The SMILES string of the molecule is COc1ccc(N(N)c2nc(NC3CN(C(=O)CCN(C)C)C3)ncc2N)cc1. The van der Waals surface area contributed by atoms with E-state index >= 15 is 0 Å². The molecule has 0 unspecified atom stereocenters. The van der Waals surface area contributed by atoms with Gasteiger partial charge in [-0.1, -0.05) is 0 Å². The summed E-state index contributed by atoms with van der Waals surface area (Å²) in [5.41, 5.74) is 7.10. The van der Waals surface area contributed by atoms with E-state index in [4.69, 9.17) is 16.3 Å². The molecule has 0 aliphatic carbocycles. The van der Waals surface area contributed by atoms with Crippen LogP contribution in [0.4, 0.5) is 23.1 Å². The fraction of sp³-hybridized carbons (Fsp3) is 0.421. The molecule has 1 fully saturated rings. The van der Waals surface area contributed by atoms with Crippen LogP contribution < -0.4 is 26.6 Å². The van der Waals surface area contributed by atoms with Crippen molar-refractivity contribution in [1.29, 1.82) is 0 Å². The Morgan fingerprint density at radius 2 is 2.00 bits per heavy atom. The molecule has 1 aromatic heterocycles. The van der Waals surface area contributed by atoms with Crippen molar-refractivity contribution in [3.8, 4) is 5.75 Å². The van der Waals surface area contributed by atoms with Gasteiger partial charge in [-0.2, -0.15) is 4.98 Å². The molecule has 2 aromatic rings. The number of likely N-dealkylation sites (tertiary alicyclic amines) is 1. The zero-order chi connectivity index (χ0) is 21.0. The number of carbonyl (C=O) groups excluding carboxylic acids is 1. The van der Waals surface area contributed by atoms with Gasteiger partial charge in [0.1, 0.15) is 5.75 Å². The molecule has 156 valence electrons. The van der Waals surface area contributed by atoms with Crippen molar-refractivity contribution in [2.45, 2.75) is 12.5 Å². The number of benzene rings is 1. The molecule has 1 aromatic carbocycles. The van der Waals surface area contributed by atoms with Crippen molar-refractivity contribution in [2.75, 3.05) is 56.9 Å². The summed E-state index contributed by atoms with van der Waals surface area (Å²) in [6.45, 7) is 2.00. The largest absolute Gasteiger partial charge is 0.497 e. The van der Waals surface area contributed by atoms with Gasteiger partial charge in [-0.05, 0) is 38.4 Å². The first-order valence-electron chi connectivity index (χ1n) is 9.38. The second-order valence-electron chi connectivity index (χ2n) is 7.23. The highest BCUT2D eigenvalue weighted by Crippen LogP contribution is 2.27. The van der Waals surface area contributed by atoms with E-state index in [0.717, 1.165) is 12.3 Å². The quantitative estimate of drug-likeness (QED) is 0.432. The van der Waals surface area contributed by atoms with Gasteiger partial charge in [-0.25, -0.2) is 10.8 Å². The Kier molecular flexibility index (Phi) is 6.35. The van der Waals surface area contributed by atoms with Gasteiger partial charge < -0.3 is 25.6 Å². The molecule has 10 nitrogen and oxygen atoms in total. The minimum absolute atomic E-state index is 0.0991. The number of anilines is 4. The van der Waals surface area contributed by atoms with Crippen LogP contribution in [0.3, 0.4) is 0 Å². The van der Waals surface area contributed by atoms with E-state index < -0.39 is 0 Å². The van der Waals surface area contributed by atoms with E-state index in [1.807, 2.05) is 48.2 Å². The van der Waals surface area contributed by atoms with Gasteiger partial charge in [0.25, 0.3) is 0 Å². The fourth-order valence-electron chi connectivity index (χ4n) is 2.94. The molecule has 0 saturated carbocycles. The van der Waals surface area contributed by atoms with E-state index in [1.165, 1.54) is 11.2 Å². The van der Waals surface area contributed by atoms with E-state index in [0.29, 0.717) is 42.7 Å². The number of hydrazine groups is 1. The molecule has 1 amide bonds. The van der Waals surface area contributed by atoms with Gasteiger partial charge in [0, 0.05) is 26.1 Å². The predicted octanol–water partition coefficient (Wildman–Crippen LogP) is 0.654. The molecule has 0 atom stereocenters. The van der Waals surface area contributed by atoms with Crippen LogP contribution >= 0.6 is 0 Å². The molecule has 5 N–H and O–H groups in total. The van der Waals surface area contributed by atoms with Gasteiger partial charge >= 0.3 is 0 Å². The average Bonchev–Trinajstić information content (AvgIpc) is 2.69. The third-order valence-electron chi connectivity index (χ3n) is 4.72. The van der Waals surface area contributed by atoms with Crippen molar-refractivity contribution in [3.05, 3.63) is 30.5 Å². The zero-order valence-electron chi connectivity index (χ0n) is 17.0. The number of hydrogen-bond donors (Lipinski definition) is 3. The van der Waals surface area contributed by atoms with Crippen LogP contribution in [0.2, 0.25) is 0 Å². The van der Waals surface area contributed by atoms with E-state index in [2.05, 4.69) is 15.3 Å². The molecule has 1 aliphatic rings. The van der Waals surface area contributed by atoms with Crippen LogP contribution in [-0.4, -0.2) is 72.6 Å². The standard InChI is InChI=1S/C19H28N8O2/c1-25(2)9-8-17(28)26-11-13(12-26)23-19-22-10-16(20)18(24-19)27(21)14-4-6-15(29-3)7-5-14/h4-7,10,13H,8-9,11-12,20-21H2,1-3H3,(H,22,23,24). The summed E-state index contributed by atoms with van der Waals surface area (Å²) in [7, 11) is 5.51. The van der Waals surface area contributed by atoms with Crippen LogP contribution in [0.25, 0.3) is 0 Å². The van der Waals surface area contributed by atoms with E-state index in [-0.39, 0.29) is 11.9 Å². The van der Waals surface area contributed by atoms with Gasteiger partial charge in [-0.3, -0.25) is 9.80 Å². The predicted molar refractivity (Wildman–Crippen MR) is 113 cm³/mol. The smallest absolute Gasteiger partial charge is 0.225 e. The number of nitrogen functional groups attached to an aromatic ring is 1. The lowest BCUT2D eigenvalue weighted by atomic mass is 10.1. The van der Waals surface area contributed by atoms with Crippen molar-refractivity contribution < 1.29 is 9.53 Å². The third kappa shape index (κ3) is 5.04. The summed E-state index contributed by atoms with van der Waals surface area (Å²) in [6, 6.07) is 7.35. The maximum Gasteiger partial charge on any atom is 0.225 e. The van der Waals surface area contributed by atoms with Crippen LogP contribution in [0.1, 0.15) is 6.42 Å². The van der Waals surface area contributed by atoms with Crippen molar-refractivity contribution >= 4 is 29.0 Å². The first kappa shape index (κ1) is 20.6. The monoisotopic (exact) mass is 400 g/mol. The molecule has 0 bridgehead atoms. The molecule has 10 heteroatoms. The van der Waals surface area contributed by atoms with Gasteiger partial charge in [0.15, 0.2) is 5.82 Å². The third-order valence-corrected chi connectivity index (χ3v) is 4.72. The van der Waals surface area contributed by atoms with Gasteiger partial charge in [-0.15, -0.1) is 0 Å². The van der Waals surface area contributed by atoms with Crippen LogP contribution in [0.5, 0.6) is 5.75 Å². The molecule has 2 heterocycles. The minimum Gasteiger partial charge on any atom is -0.497 e. The summed E-state index contributed by atoms with van der Waals surface area (Å²) in [6.07, 6.45) is 2.04. The first-order valence-corrected chi connectivity index (χ1v) is 9.38. The number of rotatable bonds is 8. The second kappa shape index (κ2) is 8.93. The number of amides is 1. The Labute approximate surface area is 170 Å². The van der Waals surface area contributed by atoms with Gasteiger partial charge in [0.05, 0.1) is 30.7 Å². The maximum atomic E-state index is 12.1. The Bertz CT molecular complexity index is 837. The van der Waals surface area contributed by atoms with Crippen molar-refractivity contribution in [2.24, 2.45) is 5.84 Å².